The summed E-state index contributed by atoms with van der Waals surface area (Å²) in [5.74, 6) is 0. The van der Waals surface area contributed by atoms with E-state index in [9.17, 15) is 0 Å². The van der Waals surface area contributed by atoms with Crippen LogP contribution in [0.1, 0.15) is 37.9 Å². The summed E-state index contributed by atoms with van der Waals surface area (Å²) in [4.78, 5) is 0. The Hall–Kier alpha value is -3.09. The summed E-state index contributed by atoms with van der Waals surface area (Å²) >= 11 is -1.18. The van der Waals surface area contributed by atoms with Crippen molar-refractivity contribution in [2.75, 3.05) is 0 Å². The molecule has 2 aliphatic carbocycles. The van der Waals surface area contributed by atoms with E-state index in [0.717, 1.165) is 6.42 Å². The number of fused-ring (bicyclic) bond motifs is 3. The molecule has 1 atom stereocenters. The maximum absolute atomic E-state index is 2.40. The van der Waals surface area contributed by atoms with E-state index in [0.29, 0.717) is 3.63 Å². The fraction of sp³-hybridized carbons (Fsp3) is 0.0541. The first kappa shape index (κ1) is 28.4. The van der Waals surface area contributed by atoms with Crippen LogP contribution < -0.4 is 24.8 Å². The predicted molar refractivity (Wildman–Crippen MR) is 157 cm³/mol. The van der Waals surface area contributed by atoms with Crippen LogP contribution in [0.4, 0.5) is 0 Å². The molecule has 0 amide bonds. The summed E-state index contributed by atoms with van der Waals surface area (Å²) in [6.07, 6.45) is 7.86. The number of allylic oxidation sites excluding steroid dienone is 4. The molecule has 5 aromatic rings. The minimum Gasteiger partial charge on any atom is -1.00 e. The normalized spacial score (nSPS) is 14.2. The molecule has 193 valence electrons. The van der Waals surface area contributed by atoms with Crippen LogP contribution in [0.15, 0.2) is 146 Å². The largest absolute Gasteiger partial charge is 1.00 e. The molecule has 0 fully saturated rings. The van der Waals surface area contributed by atoms with Crippen LogP contribution in [-0.4, -0.2) is 3.21 Å². The zero-order valence-electron chi connectivity index (χ0n) is 21.9. The van der Waals surface area contributed by atoms with Gasteiger partial charge in [-0.05, 0) is 0 Å². The Balaban J connectivity index is 0.00000161. The summed E-state index contributed by atoms with van der Waals surface area (Å²) in [6, 6.07) is 47.1. The Bertz CT molecular complexity index is 1680. The second-order valence-electron chi connectivity index (χ2n) is 9.91. The van der Waals surface area contributed by atoms with Crippen molar-refractivity contribution >= 4 is 8.78 Å². The van der Waals surface area contributed by atoms with E-state index in [4.69, 9.17) is 0 Å². The Morgan fingerprint density at radius 1 is 0.575 bits per heavy atom. The molecule has 3 heteroatoms. The SMILES string of the molecule is C1=CCC(c2c(-c3ccccc3)ccc3c2[CH]([Zr+2]=[C](c2ccccc2)c2ccccc2)c2ccccc2-3)=C1.[Cl-].[Cl-]. The number of benzene rings is 5. The van der Waals surface area contributed by atoms with Crippen molar-refractivity contribution in [3.63, 3.8) is 0 Å². The topological polar surface area (TPSA) is 0 Å². The summed E-state index contributed by atoms with van der Waals surface area (Å²) in [5, 5.41) is 0. The molecule has 40 heavy (non-hydrogen) atoms. The van der Waals surface area contributed by atoms with Gasteiger partial charge in [0.1, 0.15) is 0 Å². The van der Waals surface area contributed by atoms with Gasteiger partial charge in [-0.3, -0.25) is 0 Å². The van der Waals surface area contributed by atoms with Gasteiger partial charge < -0.3 is 24.8 Å². The van der Waals surface area contributed by atoms with E-state index < -0.39 is 22.8 Å². The first-order chi connectivity index (χ1) is 18.9. The van der Waals surface area contributed by atoms with E-state index in [1.165, 1.54) is 50.1 Å². The summed E-state index contributed by atoms with van der Waals surface area (Å²) in [5.41, 5.74) is 14.2. The predicted octanol–water partition coefficient (Wildman–Crippen LogP) is 3.13. The molecule has 7 rings (SSSR count). The van der Waals surface area contributed by atoms with Crippen LogP contribution in [0.5, 0.6) is 0 Å². The van der Waals surface area contributed by atoms with E-state index in [1.807, 2.05) is 0 Å². The zero-order valence-corrected chi connectivity index (χ0v) is 25.9. The van der Waals surface area contributed by atoms with Gasteiger partial charge in [-0.2, -0.15) is 0 Å². The van der Waals surface area contributed by atoms with E-state index in [2.05, 4.69) is 146 Å². The number of hydrogen-bond donors (Lipinski definition) is 0. The molecule has 5 aromatic carbocycles. The Morgan fingerprint density at radius 3 is 1.77 bits per heavy atom. The summed E-state index contributed by atoms with van der Waals surface area (Å²) in [6.45, 7) is 0. The monoisotopic (exact) mass is 631 g/mol. The van der Waals surface area contributed by atoms with Gasteiger partial charge >= 0.3 is 237 Å². The van der Waals surface area contributed by atoms with Crippen LogP contribution in [0.25, 0.3) is 27.8 Å². The number of halogens is 2. The summed E-state index contributed by atoms with van der Waals surface area (Å²) < 4.78 is 2.01. The van der Waals surface area contributed by atoms with Gasteiger partial charge in [-0.1, -0.05) is 0 Å². The minimum atomic E-state index is -1.18. The smallest absolute Gasteiger partial charge is 1.00 e. The van der Waals surface area contributed by atoms with E-state index >= 15 is 0 Å². The summed E-state index contributed by atoms with van der Waals surface area (Å²) in [7, 11) is 0. The third kappa shape index (κ3) is 5.20. The average molecular weight is 634 g/mol. The maximum atomic E-state index is 2.40. The fourth-order valence-corrected chi connectivity index (χ4v) is 10.4. The van der Waals surface area contributed by atoms with E-state index in [1.54, 1.807) is 8.77 Å². The van der Waals surface area contributed by atoms with Crippen molar-refractivity contribution in [3.8, 4) is 22.3 Å². The second-order valence-corrected chi connectivity index (χ2v) is 13.3. The molecule has 1 unspecified atom stereocenters. The van der Waals surface area contributed by atoms with Crippen LogP contribution in [0.2, 0.25) is 0 Å². The minimum absolute atomic E-state index is 0. The zero-order chi connectivity index (χ0) is 25.3. The third-order valence-electron chi connectivity index (χ3n) is 7.69. The van der Waals surface area contributed by atoms with Crippen molar-refractivity contribution in [3.05, 3.63) is 173 Å². The Kier molecular flexibility index (Phi) is 8.97. The molecular formula is C37H27Cl2Zr. The molecule has 2 aliphatic rings. The van der Waals surface area contributed by atoms with Gasteiger partial charge in [-0.15, -0.1) is 0 Å². The number of rotatable bonds is 5. The molecular weight excluding hydrogens is 607 g/mol. The van der Waals surface area contributed by atoms with Crippen LogP contribution in [0, 0.1) is 0 Å². The maximum Gasteiger partial charge on any atom is -1.00 e. The van der Waals surface area contributed by atoms with Crippen LogP contribution in [0.3, 0.4) is 0 Å². The fourth-order valence-electron chi connectivity index (χ4n) is 5.98. The molecule has 0 spiro atoms. The van der Waals surface area contributed by atoms with Gasteiger partial charge in [0, 0.05) is 0 Å². The average Bonchev–Trinajstić information content (AvgIpc) is 3.64. The Morgan fingerprint density at radius 2 is 1.15 bits per heavy atom. The molecule has 0 bridgehead atoms. The Labute approximate surface area is 260 Å². The van der Waals surface area contributed by atoms with Crippen molar-refractivity contribution in [1.29, 1.82) is 0 Å². The molecule has 0 N–H and O–H groups in total. The van der Waals surface area contributed by atoms with Crippen LogP contribution >= 0.6 is 0 Å². The van der Waals surface area contributed by atoms with Gasteiger partial charge in [0.25, 0.3) is 0 Å². The number of hydrogen-bond acceptors (Lipinski definition) is 0. The standard InChI is InChI=1S/C24H17.C13H10.2ClH.Zr/c1-2-8-17(9-3-1)21-14-15-22-20-13-7-6-12-19(20)16-23(22)24(21)18-10-4-5-11-18;1-3-7-12(8-4-1)11-13-9-5-2-6-10-13;;;/h1-10,12-16H,11H2;1-10H;2*1H;/q;;;;+2/p-2. The molecule has 0 nitrogen and oxygen atoms in total. The van der Waals surface area contributed by atoms with Crippen molar-refractivity contribution < 1.29 is 47.6 Å². The molecule has 0 heterocycles. The first-order valence-corrected chi connectivity index (χ1v) is 16.0. The van der Waals surface area contributed by atoms with Gasteiger partial charge in [0.05, 0.1) is 0 Å². The van der Waals surface area contributed by atoms with Crippen molar-refractivity contribution in [2.24, 2.45) is 0 Å². The molecule has 0 radical (unpaired) electrons. The molecule has 0 saturated heterocycles. The van der Waals surface area contributed by atoms with Gasteiger partial charge in [-0.25, -0.2) is 0 Å². The third-order valence-corrected chi connectivity index (χ3v) is 12.0. The molecule has 0 saturated carbocycles. The molecule has 0 aromatic heterocycles. The van der Waals surface area contributed by atoms with Crippen molar-refractivity contribution in [1.82, 2.24) is 0 Å². The quantitative estimate of drug-likeness (QED) is 0.279. The first-order valence-electron chi connectivity index (χ1n) is 13.3. The van der Waals surface area contributed by atoms with Crippen LogP contribution in [-0.2, 0) is 22.8 Å². The van der Waals surface area contributed by atoms with Crippen molar-refractivity contribution in [2.45, 2.75) is 10.0 Å². The van der Waals surface area contributed by atoms with E-state index in [-0.39, 0.29) is 24.8 Å². The van der Waals surface area contributed by atoms with Gasteiger partial charge in [0.2, 0.25) is 0 Å². The molecule has 0 aliphatic heterocycles. The second kappa shape index (κ2) is 12.6. The van der Waals surface area contributed by atoms with Gasteiger partial charge in [0.15, 0.2) is 0 Å².